The molecule has 1 saturated carbocycles. The molecule has 0 saturated heterocycles. The number of nitrogen functional groups attached to an aromatic ring is 1. The fourth-order valence-corrected chi connectivity index (χ4v) is 2.07. The van der Waals surface area contributed by atoms with Crippen molar-refractivity contribution < 1.29 is 0 Å². The number of hydrogen-bond acceptors (Lipinski definition) is 4. The lowest BCUT2D eigenvalue weighted by Crippen LogP contribution is -2.16. The van der Waals surface area contributed by atoms with Gasteiger partial charge in [0, 0.05) is 18.0 Å². The van der Waals surface area contributed by atoms with Crippen molar-refractivity contribution in [1.82, 2.24) is 9.97 Å². The van der Waals surface area contributed by atoms with Crippen LogP contribution in [0.2, 0.25) is 0 Å². The third kappa shape index (κ3) is 2.92. The van der Waals surface area contributed by atoms with Gasteiger partial charge in [-0.15, -0.1) is 0 Å². The van der Waals surface area contributed by atoms with E-state index in [1.807, 2.05) is 6.92 Å². The highest BCUT2D eigenvalue weighted by Gasteiger charge is 2.27. The molecule has 3 N–H and O–H groups in total. The molecule has 1 aliphatic carbocycles. The maximum atomic E-state index is 5.95. The van der Waals surface area contributed by atoms with Crippen molar-refractivity contribution in [1.29, 1.82) is 0 Å². The van der Waals surface area contributed by atoms with Crippen molar-refractivity contribution in [2.75, 3.05) is 17.6 Å². The molecule has 4 nitrogen and oxygen atoms in total. The smallest absolute Gasteiger partial charge is 0.135 e. The molecule has 1 aliphatic rings. The molecule has 0 radical (unpaired) electrons. The Kier molecular flexibility index (Phi) is 3.73. The molecule has 2 rings (SSSR count). The molecule has 1 atom stereocenters. The number of aromatic nitrogens is 2. The first-order valence-corrected chi connectivity index (χ1v) is 6.87. The van der Waals surface area contributed by atoms with E-state index in [1.54, 1.807) is 0 Å². The zero-order valence-corrected chi connectivity index (χ0v) is 11.8. The number of anilines is 2. The molecule has 1 fully saturated rings. The number of rotatable bonds is 5. The Morgan fingerprint density at radius 1 is 1.28 bits per heavy atom. The second kappa shape index (κ2) is 5.12. The molecule has 4 heteroatoms. The third-order valence-corrected chi connectivity index (χ3v) is 3.74. The van der Waals surface area contributed by atoms with E-state index in [9.17, 15) is 0 Å². The van der Waals surface area contributed by atoms with Gasteiger partial charge in [-0.1, -0.05) is 20.8 Å². The second-order valence-electron chi connectivity index (χ2n) is 5.79. The molecule has 1 aromatic rings. The van der Waals surface area contributed by atoms with E-state index >= 15 is 0 Å². The minimum atomic E-state index is 0.300. The molecule has 1 aromatic heterocycles. The topological polar surface area (TPSA) is 63.8 Å². The quantitative estimate of drug-likeness (QED) is 0.841. The van der Waals surface area contributed by atoms with Gasteiger partial charge in [0.2, 0.25) is 0 Å². The summed E-state index contributed by atoms with van der Waals surface area (Å²) in [6, 6.07) is 0. The van der Waals surface area contributed by atoms with Gasteiger partial charge in [0.15, 0.2) is 0 Å². The maximum absolute atomic E-state index is 5.95. The van der Waals surface area contributed by atoms with E-state index in [0.29, 0.717) is 17.7 Å². The first kappa shape index (κ1) is 13.1. The van der Waals surface area contributed by atoms with Gasteiger partial charge in [-0.3, -0.25) is 0 Å². The SMILES string of the molecule is Cc1c(N)nc(C(C)C)nc1NCC(C)C1CC1. The Morgan fingerprint density at radius 2 is 1.94 bits per heavy atom. The van der Waals surface area contributed by atoms with Crippen molar-refractivity contribution >= 4 is 11.6 Å². The molecule has 1 heterocycles. The van der Waals surface area contributed by atoms with Crippen LogP contribution in [0.15, 0.2) is 0 Å². The monoisotopic (exact) mass is 248 g/mol. The molecule has 100 valence electrons. The molecule has 18 heavy (non-hydrogen) atoms. The number of nitrogens with one attached hydrogen (secondary N) is 1. The summed E-state index contributed by atoms with van der Waals surface area (Å²) in [6.07, 6.45) is 2.76. The van der Waals surface area contributed by atoms with Crippen LogP contribution in [0.25, 0.3) is 0 Å². The summed E-state index contributed by atoms with van der Waals surface area (Å²) in [5.41, 5.74) is 6.91. The van der Waals surface area contributed by atoms with Gasteiger partial charge < -0.3 is 11.1 Å². The van der Waals surface area contributed by atoms with Gasteiger partial charge >= 0.3 is 0 Å². The molecule has 0 aromatic carbocycles. The number of nitrogens with zero attached hydrogens (tertiary/aromatic N) is 2. The van der Waals surface area contributed by atoms with Crippen LogP contribution >= 0.6 is 0 Å². The summed E-state index contributed by atoms with van der Waals surface area (Å²) >= 11 is 0. The molecular weight excluding hydrogens is 224 g/mol. The number of hydrogen-bond donors (Lipinski definition) is 2. The molecule has 0 amide bonds. The Morgan fingerprint density at radius 3 is 2.50 bits per heavy atom. The van der Waals surface area contributed by atoms with Crippen molar-refractivity contribution in [3.05, 3.63) is 11.4 Å². The summed E-state index contributed by atoms with van der Waals surface area (Å²) in [5, 5.41) is 3.44. The Bertz CT molecular complexity index is 424. The van der Waals surface area contributed by atoms with Gasteiger partial charge in [0.1, 0.15) is 17.5 Å². The summed E-state index contributed by atoms with van der Waals surface area (Å²) in [5.74, 6) is 4.23. The number of nitrogens with two attached hydrogens (primary N) is 1. The van der Waals surface area contributed by atoms with Gasteiger partial charge in [-0.05, 0) is 31.6 Å². The lowest BCUT2D eigenvalue weighted by molar-refractivity contribution is 0.535. The minimum Gasteiger partial charge on any atom is -0.383 e. The largest absolute Gasteiger partial charge is 0.383 e. The lowest BCUT2D eigenvalue weighted by Gasteiger charge is -2.16. The van der Waals surface area contributed by atoms with Crippen molar-refractivity contribution in [2.45, 2.75) is 46.5 Å². The van der Waals surface area contributed by atoms with Crippen molar-refractivity contribution in [2.24, 2.45) is 11.8 Å². The first-order valence-electron chi connectivity index (χ1n) is 6.87. The molecule has 1 unspecified atom stereocenters. The Hall–Kier alpha value is -1.32. The van der Waals surface area contributed by atoms with E-state index < -0.39 is 0 Å². The maximum Gasteiger partial charge on any atom is 0.135 e. The predicted molar refractivity (Wildman–Crippen MR) is 75.6 cm³/mol. The fourth-order valence-electron chi connectivity index (χ4n) is 2.07. The predicted octanol–water partition coefficient (Wildman–Crippen LogP) is 2.95. The van der Waals surface area contributed by atoms with Crippen molar-refractivity contribution in [3.8, 4) is 0 Å². The zero-order valence-electron chi connectivity index (χ0n) is 11.8. The van der Waals surface area contributed by atoms with E-state index in [4.69, 9.17) is 5.73 Å². The summed E-state index contributed by atoms with van der Waals surface area (Å²) < 4.78 is 0. The van der Waals surface area contributed by atoms with Crippen LogP contribution in [0.4, 0.5) is 11.6 Å². The molecule has 0 spiro atoms. The van der Waals surface area contributed by atoms with Crippen LogP contribution < -0.4 is 11.1 Å². The fraction of sp³-hybridized carbons (Fsp3) is 0.714. The van der Waals surface area contributed by atoms with E-state index in [0.717, 1.165) is 29.7 Å². The van der Waals surface area contributed by atoms with Crippen LogP contribution in [0.1, 0.15) is 50.9 Å². The average Bonchev–Trinajstić information content (AvgIpc) is 3.14. The van der Waals surface area contributed by atoms with E-state index in [1.165, 1.54) is 12.8 Å². The van der Waals surface area contributed by atoms with Gasteiger partial charge in [0.05, 0.1) is 0 Å². The summed E-state index contributed by atoms with van der Waals surface area (Å²) in [6.45, 7) is 9.42. The highest BCUT2D eigenvalue weighted by atomic mass is 15.1. The van der Waals surface area contributed by atoms with Crippen LogP contribution in [-0.2, 0) is 0 Å². The average molecular weight is 248 g/mol. The Balaban J connectivity index is 2.10. The van der Waals surface area contributed by atoms with Gasteiger partial charge in [0.25, 0.3) is 0 Å². The van der Waals surface area contributed by atoms with Crippen molar-refractivity contribution in [3.63, 3.8) is 0 Å². The van der Waals surface area contributed by atoms with Crippen LogP contribution in [-0.4, -0.2) is 16.5 Å². The highest BCUT2D eigenvalue weighted by Crippen LogP contribution is 2.36. The van der Waals surface area contributed by atoms with Gasteiger partial charge in [-0.2, -0.15) is 0 Å². The van der Waals surface area contributed by atoms with E-state index in [-0.39, 0.29) is 0 Å². The standard InChI is InChI=1S/C14H24N4/c1-8(2)13-17-12(15)10(4)14(18-13)16-7-9(3)11-5-6-11/h8-9,11H,5-7H2,1-4H3,(H3,15,16,17,18). The van der Waals surface area contributed by atoms with Crippen LogP contribution in [0.3, 0.4) is 0 Å². The molecule has 0 bridgehead atoms. The second-order valence-corrected chi connectivity index (χ2v) is 5.79. The summed E-state index contributed by atoms with van der Waals surface area (Å²) in [7, 11) is 0. The lowest BCUT2D eigenvalue weighted by atomic mass is 10.1. The minimum absolute atomic E-state index is 0.300. The van der Waals surface area contributed by atoms with E-state index in [2.05, 4.69) is 36.1 Å². The summed E-state index contributed by atoms with van der Waals surface area (Å²) in [4.78, 5) is 8.92. The van der Waals surface area contributed by atoms with Crippen LogP contribution in [0.5, 0.6) is 0 Å². The molecular formula is C14H24N4. The van der Waals surface area contributed by atoms with Crippen LogP contribution in [0, 0.1) is 18.8 Å². The zero-order chi connectivity index (χ0) is 13.3. The first-order chi connectivity index (χ1) is 8.49. The third-order valence-electron chi connectivity index (χ3n) is 3.74. The highest BCUT2D eigenvalue weighted by molar-refractivity contribution is 5.55. The molecule has 0 aliphatic heterocycles. The Labute approximate surface area is 109 Å². The normalized spacial score (nSPS) is 16.9. The van der Waals surface area contributed by atoms with Gasteiger partial charge in [-0.25, -0.2) is 9.97 Å².